The number of benzene rings is 1. The minimum atomic E-state index is -0.630. The molecule has 0 bridgehead atoms. The van der Waals surface area contributed by atoms with Crippen molar-refractivity contribution in [3.8, 4) is 17.4 Å². The van der Waals surface area contributed by atoms with E-state index < -0.39 is 5.97 Å². The van der Waals surface area contributed by atoms with E-state index in [2.05, 4.69) is 0 Å². The van der Waals surface area contributed by atoms with Gasteiger partial charge in [0, 0.05) is 11.6 Å². The number of rotatable bonds is 5. The van der Waals surface area contributed by atoms with Gasteiger partial charge >= 0.3 is 5.97 Å². The molecule has 0 fully saturated rings. The lowest BCUT2D eigenvalue weighted by molar-refractivity contribution is -0.142. The van der Waals surface area contributed by atoms with E-state index in [4.69, 9.17) is 14.4 Å². The van der Waals surface area contributed by atoms with Gasteiger partial charge in [0.2, 0.25) is 0 Å². The Balaban J connectivity index is 2.20. The van der Waals surface area contributed by atoms with Gasteiger partial charge in [-0.3, -0.25) is 0 Å². The van der Waals surface area contributed by atoms with E-state index in [0.717, 1.165) is 5.56 Å². The van der Waals surface area contributed by atoms with Crippen LogP contribution in [0.1, 0.15) is 31.6 Å². The lowest BCUT2D eigenvalue weighted by atomic mass is 10.1. The standard InChI is InChI=1S/C19H19NO3/c1-4-14(3)22-19(21)16(12-20)11-17-9-10-18(23-17)15-7-5-13(2)6-8-15/h5-11,14H,4H2,1-3H3/b16-11+/t14-/m1/s1. The van der Waals surface area contributed by atoms with Crippen LogP contribution in [0.4, 0.5) is 0 Å². The third-order valence-corrected chi connectivity index (χ3v) is 3.47. The van der Waals surface area contributed by atoms with Gasteiger partial charge in [0.25, 0.3) is 0 Å². The second-order valence-corrected chi connectivity index (χ2v) is 5.36. The van der Waals surface area contributed by atoms with Crippen molar-refractivity contribution in [1.82, 2.24) is 0 Å². The summed E-state index contributed by atoms with van der Waals surface area (Å²) < 4.78 is 10.8. The minimum Gasteiger partial charge on any atom is -0.459 e. The lowest BCUT2D eigenvalue weighted by Gasteiger charge is -2.09. The van der Waals surface area contributed by atoms with Gasteiger partial charge in [-0.15, -0.1) is 0 Å². The minimum absolute atomic E-state index is 0.0740. The third kappa shape index (κ3) is 4.33. The van der Waals surface area contributed by atoms with Crippen LogP contribution < -0.4 is 0 Å². The van der Waals surface area contributed by atoms with Crippen LogP contribution in [0.15, 0.2) is 46.4 Å². The monoisotopic (exact) mass is 309 g/mol. The van der Waals surface area contributed by atoms with Crippen molar-refractivity contribution >= 4 is 12.0 Å². The molecule has 1 atom stereocenters. The first kappa shape index (κ1) is 16.6. The van der Waals surface area contributed by atoms with Crippen LogP contribution in [0.25, 0.3) is 17.4 Å². The summed E-state index contributed by atoms with van der Waals surface area (Å²) in [7, 11) is 0. The number of ether oxygens (including phenoxy) is 1. The summed E-state index contributed by atoms with van der Waals surface area (Å²) in [5.41, 5.74) is 2.03. The fourth-order valence-corrected chi connectivity index (χ4v) is 1.91. The Labute approximate surface area is 136 Å². The first-order chi connectivity index (χ1) is 11.0. The maximum absolute atomic E-state index is 11.9. The molecule has 1 aromatic heterocycles. The normalized spacial score (nSPS) is 12.5. The number of carbonyl (C=O) groups excluding carboxylic acids is 1. The van der Waals surface area contributed by atoms with Crippen LogP contribution >= 0.6 is 0 Å². The molecule has 0 aliphatic heterocycles. The Morgan fingerprint density at radius 1 is 1.30 bits per heavy atom. The number of furan rings is 1. The molecule has 1 heterocycles. The second-order valence-electron chi connectivity index (χ2n) is 5.36. The zero-order valence-electron chi connectivity index (χ0n) is 13.5. The summed E-state index contributed by atoms with van der Waals surface area (Å²) in [5, 5.41) is 9.14. The number of nitriles is 1. The van der Waals surface area contributed by atoms with E-state index in [9.17, 15) is 4.79 Å². The quantitative estimate of drug-likeness (QED) is 0.463. The molecule has 0 aliphatic rings. The molecule has 0 unspecified atom stereocenters. The van der Waals surface area contributed by atoms with Crippen LogP contribution in [-0.4, -0.2) is 12.1 Å². The molecule has 1 aromatic carbocycles. The van der Waals surface area contributed by atoms with Crippen LogP contribution in [0.3, 0.4) is 0 Å². The zero-order chi connectivity index (χ0) is 16.8. The molecule has 0 aliphatic carbocycles. The molecule has 4 heteroatoms. The van der Waals surface area contributed by atoms with Crippen LogP contribution in [0.5, 0.6) is 0 Å². The topological polar surface area (TPSA) is 63.2 Å². The number of aryl methyl sites for hydroxylation is 1. The van der Waals surface area contributed by atoms with Crippen molar-refractivity contribution < 1.29 is 13.9 Å². The fourth-order valence-electron chi connectivity index (χ4n) is 1.91. The van der Waals surface area contributed by atoms with E-state index in [0.29, 0.717) is 17.9 Å². The Hall–Kier alpha value is -2.80. The van der Waals surface area contributed by atoms with Crippen molar-refractivity contribution in [2.75, 3.05) is 0 Å². The maximum Gasteiger partial charge on any atom is 0.349 e. The highest BCUT2D eigenvalue weighted by Gasteiger charge is 2.15. The van der Waals surface area contributed by atoms with E-state index in [1.54, 1.807) is 13.0 Å². The van der Waals surface area contributed by atoms with Crippen molar-refractivity contribution in [3.63, 3.8) is 0 Å². The highest BCUT2D eigenvalue weighted by Crippen LogP contribution is 2.24. The van der Waals surface area contributed by atoms with Crippen LogP contribution in [0.2, 0.25) is 0 Å². The summed E-state index contributed by atoms with van der Waals surface area (Å²) in [6.07, 6.45) is 1.88. The van der Waals surface area contributed by atoms with Crippen molar-refractivity contribution in [2.24, 2.45) is 0 Å². The van der Waals surface area contributed by atoms with E-state index in [1.165, 1.54) is 11.6 Å². The summed E-state index contributed by atoms with van der Waals surface area (Å²) in [5.74, 6) is 0.497. The summed E-state index contributed by atoms with van der Waals surface area (Å²) in [6.45, 7) is 5.71. The number of nitrogens with zero attached hydrogens (tertiary/aromatic N) is 1. The predicted octanol–water partition coefficient (Wildman–Crippen LogP) is 4.50. The number of hydrogen-bond acceptors (Lipinski definition) is 4. The first-order valence-corrected chi connectivity index (χ1v) is 7.53. The third-order valence-electron chi connectivity index (χ3n) is 3.47. The van der Waals surface area contributed by atoms with Gasteiger partial charge in [-0.25, -0.2) is 4.79 Å². The van der Waals surface area contributed by atoms with E-state index in [-0.39, 0.29) is 11.7 Å². The molecule has 0 saturated carbocycles. The Kier molecular flexibility index (Phi) is 5.37. The van der Waals surface area contributed by atoms with Crippen molar-refractivity contribution in [1.29, 1.82) is 5.26 Å². The number of carbonyl (C=O) groups is 1. The van der Waals surface area contributed by atoms with E-state index >= 15 is 0 Å². The SMILES string of the molecule is CC[C@@H](C)OC(=O)/C(C#N)=C/c1ccc(-c2ccc(C)cc2)o1. The Morgan fingerprint density at radius 3 is 2.61 bits per heavy atom. The van der Waals surface area contributed by atoms with Gasteiger partial charge in [-0.1, -0.05) is 36.8 Å². The summed E-state index contributed by atoms with van der Waals surface area (Å²) in [4.78, 5) is 11.9. The van der Waals surface area contributed by atoms with Gasteiger partial charge in [0.05, 0.1) is 6.10 Å². The molecule has 0 radical (unpaired) electrons. The maximum atomic E-state index is 11.9. The Morgan fingerprint density at radius 2 is 2.00 bits per heavy atom. The molecule has 2 aromatic rings. The highest BCUT2D eigenvalue weighted by molar-refractivity contribution is 5.97. The second kappa shape index (κ2) is 7.46. The summed E-state index contributed by atoms with van der Waals surface area (Å²) >= 11 is 0. The van der Waals surface area contributed by atoms with E-state index in [1.807, 2.05) is 50.2 Å². The zero-order valence-corrected chi connectivity index (χ0v) is 13.5. The van der Waals surface area contributed by atoms with Gasteiger partial charge in [0.1, 0.15) is 23.2 Å². The first-order valence-electron chi connectivity index (χ1n) is 7.53. The lowest BCUT2D eigenvalue weighted by Crippen LogP contribution is -2.15. The molecule has 0 amide bonds. The molecule has 0 N–H and O–H groups in total. The smallest absolute Gasteiger partial charge is 0.349 e. The number of esters is 1. The van der Waals surface area contributed by atoms with Crippen molar-refractivity contribution in [2.45, 2.75) is 33.3 Å². The molecular weight excluding hydrogens is 290 g/mol. The average molecular weight is 309 g/mol. The largest absolute Gasteiger partial charge is 0.459 e. The molecular formula is C19H19NO3. The molecule has 118 valence electrons. The fraction of sp³-hybridized carbons (Fsp3) is 0.263. The molecule has 23 heavy (non-hydrogen) atoms. The molecule has 0 saturated heterocycles. The van der Waals surface area contributed by atoms with Gasteiger partial charge in [-0.2, -0.15) is 5.26 Å². The molecule has 0 spiro atoms. The van der Waals surface area contributed by atoms with Gasteiger partial charge in [-0.05, 0) is 32.4 Å². The number of hydrogen-bond donors (Lipinski definition) is 0. The van der Waals surface area contributed by atoms with Crippen LogP contribution in [0, 0.1) is 18.3 Å². The summed E-state index contributed by atoms with van der Waals surface area (Å²) in [6, 6.07) is 13.3. The Bertz CT molecular complexity index is 748. The van der Waals surface area contributed by atoms with Gasteiger partial charge in [0.15, 0.2) is 0 Å². The highest BCUT2D eigenvalue weighted by atomic mass is 16.5. The predicted molar refractivity (Wildman–Crippen MR) is 88.3 cm³/mol. The molecule has 2 rings (SSSR count). The molecule has 4 nitrogen and oxygen atoms in total. The van der Waals surface area contributed by atoms with Gasteiger partial charge < -0.3 is 9.15 Å². The average Bonchev–Trinajstić information content (AvgIpc) is 3.01. The van der Waals surface area contributed by atoms with Crippen LogP contribution in [-0.2, 0) is 9.53 Å². The van der Waals surface area contributed by atoms with Crippen molar-refractivity contribution in [3.05, 3.63) is 53.3 Å².